The van der Waals surface area contributed by atoms with Crippen LogP contribution < -0.4 is 0 Å². The molecule has 0 saturated carbocycles. The zero-order chi connectivity index (χ0) is 16.3. The Morgan fingerprint density at radius 2 is 1.38 bits per heavy atom. The minimum absolute atomic E-state index is 0.850. The number of hydrogen-bond donors (Lipinski definition) is 0. The van der Waals surface area contributed by atoms with Crippen LogP contribution in [0.4, 0.5) is 0 Å². The van der Waals surface area contributed by atoms with E-state index in [9.17, 15) is 0 Å². The first-order valence-electron chi connectivity index (χ1n) is 9.96. The van der Waals surface area contributed by atoms with Crippen LogP contribution in [0.3, 0.4) is 0 Å². The van der Waals surface area contributed by atoms with Crippen molar-refractivity contribution in [1.82, 2.24) is 0 Å². The second-order valence-corrected chi connectivity index (χ2v) is 8.03. The highest BCUT2D eigenvalue weighted by Gasteiger charge is 2.25. The second kappa shape index (κ2) is 12.5. The van der Waals surface area contributed by atoms with Crippen LogP contribution >= 0.6 is 0 Å². The molecule has 0 heterocycles. The van der Waals surface area contributed by atoms with Gasteiger partial charge in [-0.1, -0.05) is 93.4 Å². The number of rotatable bonds is 13. The molecular weight excluding hydrogens is 252 g/mol. The minimum Gasteiger partial charge on any atom is -0.0654 e. The van der Waals surface area contributed by atoms with E-state index in [0.717, 1.165) is 29.6 Å². The van der Waals surface area contributed by atoms with Gasteiger partial charge in [0.25, 0.3) is 0 Å². The molecule has 128 valence electrons. The maximum Gasteiger partial charge on any atom is -0.0363 e. The van der Waals surface area contributed by atoms with Gasteiger partial charge in [0.2, 0.25) is 0 Å². The van der Waals surface area contributed by atoms with Crippen LogP contribution in [-0.4, -0.2) is 0 Å². The van der Waals surface area contributed by atoms with Crippen molar-refractivity contribution in [2.45, 2.75) is 106 Å². The number of hydrogen-bond acceptors (Lipinski definition) is 0. The van der Waals surface area contributed by atoms with Crippen LogP contribution in [0.2, 0.25) is 0 Å². The molecule has 0 spiro atoms. The van der Waals surface area contributed by atoms with Gasteiger partial charge >= 0.3 is 0 Å². The fraction of sp³-hybridized carbons (Fsp3) is 1.00. The summed E-state index contributed by atoms with van der Waals surface area (Å²) in [6, 6.07) is 0. The van der Waals surface area contributed by atoms with E-state index in [0.29, 0.717) is 0 Å². The highest BCUT2D eigenvalue weighted by molar-refractivity contribution is 4.75. The molecule has 0 aliphatic heterocycles. The van der Waals surface area contributed by atoms with E-state index in [-0.39, 0.29) is 0 Å². The van der Waals surface area contributed by atoms with Gasteiger partial charge in [0.05, 0.1) is 0 Å². The van der Waals surface area contributed by atoms with Gasteiger partial charge in [-0.15, -0.1) is 0 Å². The summed E-state index contributed by atoms with van der Waals surface area (Å²) in [6.45, 7) is 16.9. The van der Waals surface area contributed by atoms with Crippen molar-refractivity contribution in [2.24, 2.45) is 29.6 Å². The van der Waals surface area contributed by atoms with E-state index < -0.39 is 0 Å². The van der Waals surface area contributed by atoms with Crippen LogP contribution in [0.5, 0.6) is 0 Å². The molecule has 0 rings (SSSR count). The molecule has 0 aromatic rings. The van der Waals surface area contributed by atoms with Crippen LogP contribution in [0, 0.1) is 29.6 Å². The van der Waals surface area contributed by atoms with Gasteiger partial charge in [-0.3, -0.25) is 0 Å². The first-order valence-corrected chi connectivity index (χ1v) is 9.96. The van der Waals surface area contributed by atoms with Crippen LogP contribution in [0.25, 0.3) is 0 Å². The van der Waals surface area contributed by atoms with Gasteiger partial charge in [-0.2, -0.15) is 0 Å². The molecule has 0 aliphatic carbocycles. The van der Waals surface area contributed by atoms with Crippen LogP contribution in [0.1, 0.15) is 106 Å². The first kappa shape index (κ1) is 21.0. The lowest BCUT2D eigenvalue weighted by atomic mass is 9.73. The Bertz CT molecular complexity index is 218. The monoisotopic (exact) mass is 296 g/mol. The molecule has 0 nitrogen and oxygen atoms in total. The third-order valence-corrected chi connectivity index (χ3v) is 5.56. The van der Waals surface area contributed by atoms with Crippen molar-refractivity contribution in [1.29, 1.82) is 0 Å². The first-order chi connectivity index (χ1) is 9.96. The Morgan fingerprint density at radius 1 is 0.714 bits per heavy atom. The lowest BCUT2D eigenvalue weighted by molar-refractivity contribution is 0.177. The number of unbranched alkanes of at least 4 members (excludes halogenated alkanes) is 2. The minimum atomic E-state index is 0.850. The summed E-state index contributed by atoms with van der Waals surface area (Å²) in [5.41, 5.74) is 0. The lowest BCUT2D eigenvalue weighted by Gasteiger charge is -2.33. The largest absolute Gasteiger partial charge is 0.0654 e. The van der Waals surface area contributed by atoms with Crippen molar-refractivity contribution in [2.75, 3.05) is 0 Å². The van der Waals surface area contributed by atoms with Crippen molar-refractivity contribution >= 4 is 0 Å². The van der Waals surface area contributed by atoms with E-state index in [4.69, 9.17) is 0 Å². The van der Waals surface area contributed by atoms with Gasteiger partial charge in [0.15, 0.2) is 0 Å². The fourth-order valence-corrected chi connectivity index (χ4v) is 4.00. The summed E-state index contributed by atoms with van der Waals surface area (Å²) < 4.78 is 0. The van der Waals surface area contributed by atoms with Gasteiger partial charge in [0.1, 0.15) is 0 Å². The predicted molar refractivity (Wildman–Crippen MR) is 98.7 cm³/mol. The Labute approximate surface area is 136 Å². The summed E-state index contributed by atoms with van der Waals surface area (Å²) in [4.78, 5) is 0. The van der Waals surface area contributed by atoms with E-state index in [1.807, 2.05) is 0 Å². The SMILES string of the molecule is CCCCCC(C)CCC(CC(C)C)C(CC)C(C)CC. The van der Waals surface area contributed by atoms with Gasteiger partial charge in [-0.05, 0) is 42.4 Å². The summed E-state index contributed by atoms with van der Waals surface area (Å²) >= 11 is 0. The standard InChI is InChI=1S/C21H44/c1-8-11-12-13-18(6)14-15-20(16-17(4)5)21(10-3)19(7)9-2/h17-21H,8-16H2,1-7H3. The van der Waals surface area contributed by atoms with E-state index >= 15 is 0 Å². The van der Waals surface area contributed by atoms with Crippen molar-refractivity contribution in [3.63, 3.8) is 0 Å². The Balaban J connectivity index is 4.40. The third-order valence-electron chi connectivity index (χ3n) is 5.56. The molecule has 4 atom stereocenters. The maximum atomic E-state index is 2.48. The van der Waals surface area contributed by atoms with Crippen LogP contribution in [0.15, 0.2) is 0 Å². The molecule has 0 bridgehead atoms. The van der Waals surface area contributed by atoms with E-state index in [1.165, 1.54) is 57.8 Å². The van der Waals surface area contributed by atoms with E-state index in [2.05, 4.69) is 48.5 Å². The molecule has 4 unspecified atom stereocenters. The van der Waals surface area contributed by atoms with Gasteiger partial charge in [0, 0.05) is 0 Å². The lowest BCUT2D eigenvalue weighted by Crippen LogP contribution is -2.23. The highest BCUT2D eigenvalue weighted by Crippen LogP contribution is 2.35. The molecule has 0 amide bonds. The topological polar surface area (TPSA) is 0 Å². The molecule has 0 heteroatoms. The molecule has 0 aromatic heterocycles. The van der Waals surface area contributed by atoms with Crippen molar-refractivity contribution in [3.05, 3.63) is 0 Å². The van der Waals surface area contributed by atoms with Crippen molar-refractivity contribution < 1.29 is 0 Å². The normalized spacial score (nSPS) is 17.7. The zero-order valence-corrected chi connectivity index (χ0v) is 16.3. The maximum absolute atomic E-state index is 2.48. The Hall–Kier alpha value is 0. The summed E-state index contributed by atoms with van der Waals surface area (Å²) in [7, 11) is 0. The smallest absolute Gasteiger partial charge is 0.0363 e. The average Bonchev–Trinajstić information content (AvgIpc) is 2.44. The van der Waals surface area contributed by atoms with E-state index in [1.54, 1.807) is 0 Å². The average molecular weight is 297 g/mol. The molecule has 0 fully saturated rings. The summed E-state index contributed by atoms with van der Waals surface area (Å²) in [5.74, 6) is 4.58. The summed E-state index contributed by atoms with van der Waals surface area (Å²) in [5, 5.41) is 0. The quantitative estimate of drug-likeness (QED) is 0.305. The molecule has 0 aromatic carbocycles. The van der Waals surface area contributed by atoms with Crippen LogP contribution in [-0.2, 0) is 0 Å². The zero-order valence-electron chi connectivity index (χ0n) is 16.3. The molecule has 21 heavy (non-hydrogen) atoms. The Morgan fingerprint density at radius 3 is 1.86 bits per heavy atom. The third kappa shape index (κ3) is 9.59. The van der Waals surface area contributed by atoms with Crippen molar-refractivity contribution in [3.8, 4) is 0 Å². The van der Waals surface area contributed by atoms with Gasteiger partial charge < -0.3 is 0 Å². The summed E-state index contributed by atoms with van der Waals surface area (Å²) in [6.07, 6.45) is 12.7. The highest BCUT2D eigenvalue weighted by atomic mass is 14.3. The molecule has 0 N–H and O–H groups in total. The molecule has 0 aliphatic rings. The predicted octanol–water partition coefficient (Wildman–Crippen LogP) is 7.72. The molecule has 0 saturated heterocycles. The Kier molecular flexibility index (Phi) is 12.5. The second-order valence-electron chi connectivity index (χ2n) is 8.03. The fourth-order valence-electron chi connectivity index (χ4n) is 4.00. The molecular formula is C21H44. The molecule has 0 radical (unpaired) electrons. The van der Waals surface area contributed by atoms with Gasteiger partial charge in [-0.25, -0.2) is 0 Å².